The van der Waals surface area contributed by atoms with Gasteiger partial charge < -0.3 is 43.4 Å². The number of phenolic OH excluding ortho intramolecular Hbond substituents is 1. The number of aryl methyl sites for hydroxylation is 1. The van der Waals surface area contributed by atoms with E-state index in [0.29, 0.717) is 83.2 Å². The van der Waals surface area contributed by atoms with Crippen molar-refractivity contribution in [1.82, 2.24) is 15.1 Å². The van der Waals surface area contributed by atoms with Crippen LogP contribution in [0.4, 0.5) is 0 Å². The minimum Gasteiger partial charge on any atom is -0.507 e. The maximum absolute atomic E-state index is 14.9. The van der Waals surface area contributed by atoms with Crippen molar-refractivity contribution in [2.75, 3.05) is 47.0 Å². The highest BCUT2D eigenvalue weighted by Gasteiger charge is 2.61. The van der Waals surface area contributed by atoms with E-state index in [1.54, 1.807) is 26.2 Å². The monoisotopic (exact) mass is 859 g/mol. The number of benzene rings is 3. The van der Waals surface area contributed by atoms with E-state index in [9.17, 15) is 24.6 Å². The molecule has 2 saturated heterocycles. The topological polar surface area (TPSA) is 175 Å². The largest absolute Gasteiger partial charge is 0.507 e. The minimum absolute atomic E-state index is 0.0333. The van der Waals surface area contributed by atoms with E-state index >= 15 is 0 Å². The predicted molar refractivity (Wildman–Crippen MR) is 223 cm³/mol. The molecular weight excluding hydrogens is 807 g/mol. The summed E-state index contributed by atoms with van der Waals surface area (Å²) >= 11 is 1.46. The molecule has 3 aromatic rings. The van der Waals surface area contributed by atoms with Crippen molar-refractivity contribution in [3.8, 4) is 40.2 Å². The lowest BCUT2D eigenvalue weighted by Crippen LogP contribution is -2.70. The summed E-state index contributed by atoms with van der Waals surface area (Å²) in [5.41, 5.74) is 4.28. The Morgan fingerprint density at radius 3 is 2.39 bits per heavy atom. The van der Waals surface area contributed by atoms with Crippen molar-refractivity contribution >= 4 is 29.7 Å². The average Bonchev–Trinajstić information content (AvgIpc) is 3.73. The molecular formula is C45H53N3O12S. The highest BCUT2D eigenvalue weighted by atomic mass is 32.2. The Morgan fingerprint density at radius 2 is 1.67 bits per heavy atom. The molecule has 1 spiro atoms. The van der Waals surface area contributed by atoms with E-state index in [0.717, 1.165) is 22.3 Å². The SMILES string of the molecule is CCCC(=O)Oc1cc2c(cc1OC)[C@@]1(CS[C@@H]3c4c(O)c(C)c5c(c4[C@H](COC1=O)N1C3[C@H]3c4c(cc(C)c(OC)c4OC(=O)CCC)C[C@@H]([C@@H]1O)N3C)OCO5)NCC2. The lowest BCUT2D eigenvalue weighted by atomic mass is 9.73. The third-order valence-corrected chi connectivity index (χ3v) is 14.8. The number of hydrogen-bond donors (Lipinski definition) is 3. The number of aliphatic hydroxyl groups is 1. The zero-order valence-corrected chi connectivity index (χ0v) is 36.4. The Kier molecular flexibility index (Phi) is 10.8. The summed E-state index contributed by atoms with van der Waals surface area (Å²) in [6, 6.07) is 3.28. The maximum Gasteiger partial charge on any atom is 0.331 e. The molecule has 10 rings (SSSR count). The number of nitrogens with one attached hydrogen (secondary N) is 1. The van der Waals surface area contributed by atoms with Crippen molar-refractivity contribution in [2.24, 2.45) is 0 Å². The molecule has 0 aromatic heterocycles. The number of fused-ring (bicyclic) bond motifs is 9. The highest BCUT2D eigenvalue weighted by molar-refractivity contribution is 7.99. The normalized spacial score (nSPS) is 27.3. The number of aromatic hydroxyl groups is 1. The number of carbonyl (C=O) groups excluding carboxylic acids is 3. The molecule has 16 heteroatoms. The Bertz CT molecular complexity index is 2320. The van der Waals surface area contributed by atoms with Crippen LogP contribution in [0.2, 0.25) is 0 Å². The van der Waals surface area contributed by atoms with Gasteiger partial charge in [-0.2, -0.15) is 0 Å². The van der Waals surface area contributed by atoms with Gasteiger partial charge in [0.15, 0.2) is 40.0 Å². The highest BCUT2D eigenvalue weighted by Crippen LogP contribution is 2.64. The van der Waals surface area contributed by atoms with Gasteiger partial charge in [0.05, 0.1) is 37.6 Å². The lowest BCUT2D eigenvalue weighted by Gasteiger charge is -2.62. The number of nitrogens with zero attached hydrogens (tertiary/aromatic N) is 2. The standard InChI is InChI=1S/C45H53N3O12S/c1-8-10-30(49)59-29-16-23-12-13-46-45(25(23)17-28(29)54-6)19-61-42-34-33(40-39(57-20-58-40)22(4)37(34)51)27(18-56-44(45)53)48-36(42)35-32-24(15-26(43(48)52)47(35)5)14-21(3)38(55-7)41(32)60-31(50)11-9-2/h14,16-17,26-27,35-36,42-43,46,51-52H,8-13,15,18-20H2,1-7H3/t26-,27-,35+,36?,42+,43-,45+/m0/s1. The summed E-state index contributed by atoms with van der Waals surface area (Å²) in [4.78, 5) is 45.2. The van der Waals surface area contributed by atoms with Gasteiger partial charge in [-0.15, -0.1) is 11.8 Å². The first kappa shape index (κ1) is 41.6. The van der Waals surface area contributed by atoms with Crippen LogP contribution in [0, 0.1) is 13.8 Å². The Morgan fingerprint density at radius 1 is 0.934 bits per heavy atom. The predicted octanol–water partition coefficient (Wildman–Crippen LogP) is 5.19. The van der Waals surface area contributed by atoms with Gasteiger partial charge in [0.1, 0.15) is 18.6 Å². The van der Waals surface area contributed by atoms with Gasteiger partial charge in [-0.3, -0.25) is 24.7 Å². The number of thioether (sulfide) groups is 1. The van der Waals surface area contributed by atoms with Crippen LogP contribution in [-0.2, 0) is 37.5 Å². The van der Waals surface area contributed by atoms with Crippen LogP contribution in [0.15, 0.2) is 18.2 Å². The Labute approximate surface area is 358 Å². The van der Waals surface area contributed by atoms with Crippen molar-refractivity contribution in [1.29, 1.82) is 0 Å². The summed E-state index contributed by atoms with van der Waals surface area (Å²) in [5.74, 6) is 1.13. The fourth-order valence-electron chi connectivity index (χ4n) is 10.6. The molecule has 7 aliphatic rings. The number of esters is 3. The first-order chi connectivity index (χ1) is 29.4. The van der Waals surface area contributed by atoms with Crippen LogP contribution in [0.5, 0.6) is 40.2 Å². The first-order valence-corrected chi connectivity index (χ1v) is 22.1. The number of hydrogen-bond acceptors (Lipinski definition) is 16. The summed E-state index contributed by atoms with van der Waals surface area (Å²) in [7, 11) is 5.03. The number of likely N-dealkylation sites (N-methyl/N-ethyl adjacent to an activating group) is 1. The molecule has 0 amide bonds. The third-order valence-electron chi connectivity index (χ3n) is 13.4. The molecule has 0 aliphatic carbocycles. The molecule has 3 N–H and O–H groups in total. The molecule has 7 heterocycles. The van der Waals surface area contributed by atoms with Gasteiger partial charge >= 0.3 is 17.9 Å². The molecule has 326 valence electrons. The maximum atomic E-state index is 14.9. The third kappa shape index (κ3) is 6.34. The van der Waals surface area contributed by atoms with E-state index in [-0.39, 0.29) is 55.4 Å². The molecule has 7 atom stereocenters. The summed E-state index contributed by atoms with van der Waals surface area (Å²) < 4.78 is 42.4. The van der Waals surface area contributed by atoms with Crippen molar-refractivity contribution in [3.63, 3.8) is 0 Å². The quantitative estimate of drug-likeness (QED) is 0.199. The fraction of sp³-hybridized carbons (Fsp3) is 0.533. The number of piperazine rings is 1. The van der Waals surface area contributed by atoms with Crippen LogP contribution < -0.4 is 33.7 Å². The van der Waals surface area contributed by atoms with E-state index < -0.39 is 47.2 Å². The smallest absolute Gasteiger partial charge is 0.331 e. The van der Waals surface area contributed by atoms with Crippen LogP contribution in [-0.4, -0.2) is 103 Å². The second-order valence-electron chi connectivity index (χ2n) is 16.8. The van der Waals surface area contributed by atoms with Crippen LogP contribution in [0.3, 0.4) is 0 Å². The van der Waals surface area contributed by atoms with Gasteiger partial charge in [0.2, 0.25) is 6.79 Å². The van der Waals surface area contributed by atoms with Gasteiger partial charge in [-0.05, 0) is 81.0 Å². The van der Waals surface area contributed by atoms with E-state index in [1.807, 2.05) is 32.7 Å². The molecule has 2 fully saturated rings. The van der Waals surface area contributed by atoms with E-state index in [1.165, 1.54) is 18.9 Å². The van der Waals surface area contributed by atoms with Gasteiger partial charge in [-0.25, -0.2) is 4.79 Å². The summed E-state index contributed by atoms with van der Waals surface area (Å²) in [6.07, 6.45) is 1.61. The van der Waals surface area contributed by atoms with E-state index in [4.69, 9.17) is 33.2 Å². The minimum atomic E-state index is -1.39. The summed E-state index contributed by atoms with van der Waals surface area (Å²) in [6.45, 7) is 7.70. The molecule has 4 bridgehead atoms. The zero-order valence-electron chi connectivity index (χ0n) is 35.5. The van der Waals surface area contributed by atoms with Crippen molar-refractivity contribution in [3.05, 3.63) is 62.7 Å². The van der Waals surface area contributed by atoms with Gasteiger partial charge in [0, 0.05) is 53.4 Å². The summed E-state index contributed by atoms with van der Waals surface area (Å²) in [5, 5.41) is 28.0. The fourth-order valence-corrected chi connectivity index (χ4v) is 12.3. The van der Waals surface area contributed by atoms with Gasteiger partial charge in [0.25, 0.3) is 0 Å². The van der Waals surface area contributed by atoms with Crippen molar-refractivity contribution < 1.29 is 57.8 Å². The van der Waals surface area contributed by atoms with E-state index in [2.05, 4.69) is 16.3 Å². The first-order valence-electron chi connectivity index (χ1n) is 21.1. The Hall–Kier alpha value is -4.74. The number of phenols is 1. The second kappa shape index (κ2) is 15.9. The van der Waals surface area contributed by atoms with Crippen LogP contribution in [0.25, 0.3) is 0 Å². The van der Waals surface area contributed by atoms with Crippen molar-refractivity contribution in [2.45, 2.75) is 107 Å². The molecule has 3 aromatic carbocycles. The molecule has 1 unspecified atom stereocenters. The number of methoxy groups -OCH3 is 2. The molecule has 7 aliphatic heterocycles. The average molecular weight is 860 g/mol. The number of carbonyl (C=O) groups is 3. The van der Waals surface area contributed by atoms with Gasteiger partial charge in [-0.1, -0.05) is 19.9 Å². The second-order valence-corrected chi connectivity index (χ2v) is 17.9. The Balaban J connectivity index is 1.25. The zero-order chi connectivity index (χ0) is 43.1. The van der Waals surface area contributed by atoms with Crippen LogP contribution in [0.1, 0.15) is 101 Å². The lowest BCUT2D eigenvalue weighted by molar-refractivity contribution is -0.186. The number of aliphatic hydroxyl groups excluding tert-OH is 1. The molecule has 0 saturated carbocycles. The molecule has 15 nitrogen and oxygen atoms in total. The molecule has 61 heavy (non-hydrogen) atoms. The molecule has 0 radical (unpaired) electrons. The number of rotatable bonds is 8. The number of ether oxygens (including phenoxy) is 7. The van der Waals surface area contributed by atoms with Crippen LogP contribution >= 0.6 is 11.8 Å².